The van der Waals surface area contributed by atoms with Crippen molar-refractivity contribution in [1.29, 1.82) is 0 Å². The number of aryl methyl sites for hydroxylation is 1. The fraction of sp³-hybridized carbons (Fsp3) is 0.406. The molecule has 0 fully saturated rings. The molecular formula is C32H39N5O3. The third-order valence-electron chi connectivity index (χ3n) is 6.78. The lowest BCUT2D eigenvalue weighted by Gasteiger charge is -2.20. The van der Waals surface area contributed by atoms with Crippen molar-refractivity contribution in [3.63, 3.8) is 0 Å². The van der Waals surface area contributed by atoms with Crippen LogP contribution in [0.5, 0.6) is 5.88 Å². The van der Waals surface area contributed by atoms with Crippen LogP contribution in [-0.4, -0.2) is 44.4 Å². The highest BCUT2D eigenvalue weighted by Crippen LogP contribution is 2.29. The van der Waals surface area contributed by atoms with Crippen molar-refractivity contribution in [3.8, 4) is 28.3 Å². The van der Waals surface area contributed by atoms with Crippen LogP contribution >= 0.6 is 0 Å². The molecule has 40 heavy (non-hydrogen) atoms. The van der Waals surface area contributed by atoms with Gasteiger partial charge in [0.1, 0.15) is 0 Å². The van der Waals surface area contributed by atoms with Crippen molar-refractivity contribution < 1.29 is 14.3 Å². The fourth-order valence-corrected chi connectivity index (χ4v) is 4.46. The molecule has 0 aliphatic rings. The first-order valence-corrected chi connectivity index (χ1v) is 14.1. The van der Waals surface area contributed by atoms with Gasteiger partial charge in [0.15, 0.2) is 5.82 Å². The molecule has 0 aliphatic heterocycles. The Hall–Kier alpha value is -4.07. The van der Waals surface area contributed by atoms with E-state index in [-0.39, 0.29) is 11.4 Å². The van der Waals surface area contributed by atoms with Gasteiger partial charge in [-0.3, -0.25) is 4.79 Å². The van der Waals surface area contributed by atoms with Gasteiger partial charge in [0.2, 0.25) is 5.88 Å². The molecule has 0 N–H and O–H groups in total. The van der Waals surface area contributed by atoms with Crippen LogP contribution in [0.15, 0.2) is 72.8 Å². The molecule has 0 spiro atoms. The van der Waals surface area contributed by atoms with E-state index in [0.717, 1.165) is 60.3 Å². The van der Waals surface area contributed by atoms with Gasteiger partial charge in [-0.1, -0.05) is 74.5 Å². The van der Waals surface area contributed by atoms with Crippen molar-refractivity contribution in [2.75, 3.05) is 13.2 Å². The Labute approximate surface area is 236 Å². The molecule has 2 aromatic carbocycles. The number of ether oxygens (including phenoxy) is 2. The van der Waals surface area contributed by atoms with Gasteiger partial charge in [-0.2, -0.15) is 4.80 Å². The minimum Gasteiger partial charge on any atom is -0.478 e. The van der Waals surface area contributed by atoms with E-state index < -0.39 is 0 Å². The number of esters is 1. The molecule has 0 atom stereocenters. The SMILES string of the molecule is CCOC(=O)CCCCn1nnc(C(C)(C)CCCCOc2cc(-c3ccccc3)cc(-c3ccccc3)n2)n1. The smallest absolute Gasteiger partial charge is 0.305 e. The van der Waals surface area contributed by atoms with Crippen LogP contribution in [0.2, 0.25) is 0 Å². The Morgan fingerprint density at radius 2 is 1.60 bits per heavy atom. The largest absolute Gasteiger partial charge is 0.478 e. The summed E-state index contributed by atoms with van der Waals surface area (Å²) in [5.74, 6) is 1.21. The molecule has 4 rings (SSSR count). The zero-order valence-corrected chi connectivity index (χ0v) is 23.8. The van der Waals surface area contributed by atoms with Crippen LogP contribution in [-0.2, 0) is 21.5 Å². The number of nitrogens with zero attached hydrogens (tertiary/aromatic N) is 5. The standard InChI is InChI=1S/C32H39N5O3/c1-4-39-30(38)19-11-13-21-37-35-31(34-36-37)32(2,3)20-12-14-22-40-29-24-27(25-15-7-5-8-16-25)23-28(33-29)26-17-9-6-10-18-26/h5-10,15-18,23-24H,4,11-14,19-22H2,1-3H3. The first kappa shape index (κ1) is 28.9. The monoisotopic (exact) mass is 541 g/mol. The van der Waals surface area contributed by atoms with Gasteiger partial charge >= 0.3 is 5.97 Å². The Morgan fingerprint density at radius 3 is 2.33 bits per heavy atom. The zero-order chi connectivity index (χ0) is 28.2. The normalized spacial score (nSPS) is 11.4. The Balaban J connectivity index is 1.28. The van der Waals surface area contributed by atoms with Crippen LogP contribution in [0.3, 0.4) is 0 Å². The molecule has 8 heteroatoms. The average Bonchev–Trinajstić information content (AvgIpc) is 3.46. The van der Waals surface area contributed by atoms with Gasteiger partial charge in [0.05, 0.1) is 25.5 Å². The molecule has 0 amide bonds. The predicted molar refractivity (Wildman–Crippen MR) is 156 cm³/mol. The predicted octanol–water partition coefficient (Wildman–Crippen LogP) is 6.66. The maximum absolute atomic E-state index is 11.5. The maximum Gasteiger partial charge on any atom is 0.305 e. The van der Waals surface area contributed by atoms with Gasteiger partial charge in [-0.15, -0.1) is 10.2 Å². The molecule has 0 unspecified atom stereocenters. The molecule has 0 radical (unpaired) electrons. The Morgan fingerprint density at radius 1 is 0.875 bits per heavy atom. The van der Waals surface area contributed by atoms with Crippen LogP contribution in [0.4, 0.5) is 0 Å². The number of aromatic nitrogens is 5. The lowest BCUT2D eigenvalue weighted by atomic mass is 9.86. The third kappa shape index (κ3) is 8.46. The first-order valence-electron chi connectivity index (χ1n) is 14.1. The molecular weight excluding hydrogens is 502 g/mol. The van der Waals surface area contributed by atoms with Crippen LogP contribution in [0, 0.1) is 0 Å². The van der Waals surface area contributed by atoms with Gasteiger partial charge in [-0.25, -0.2) is 4.98 Å². The molecule has 2 heterocycles. The molecule has 210 valence electrons. The number of benzene rings is 2. The second-order valence-corrected chi connectivity index (χ2v) is 10.5. The molecule has 0 bridgehead atoms. The van der Waals surface area contributed by atoms with Crippen molar-refractivity contribution in [2.45, 2.75) is 71.3 Å². The molecule has 0 aliphatic carbocycles. The summed E-state index contributed by atoms with van der Waals surface area (Å²) < 4.78 is 11.1. The Bertz CT molecular complexity index is 1280. The van der Waals surface area contributed by atoms with Crippen LogP contribution in [0.25, 0.3) is 22.4 Å². The summed E-state index contributed by atoms with van der Waals surface area (Å²) in [7, 11) is 0. The second kappa shape index (κ2) is 14.4. The summed E-state index contributed by atoms with van der Waals surface area (Å²) in [6.07, 6.45) is 4.74. The van der Waals surface area contributed by atoms with Crippen molar-refractivity contribution in [2.24, 2.45) is 0 Å². The average molecular weight is 542 g/mol. The lowest BCUT2D eigenvalue weighted by Crippen LogP contribution is -2.20. The van der Waals surface area contributed by atoms with Gasteiger partial charge < -0.3 is 9.47 Å². The Kier molecular flexibility index (Phi) is 10.4. The van der Waals surface area contributed by atoms with E-state index in [1.165, 1.54) is 0 Å². The van der Waals surface area contributed by atoms with Crippen molar-refractivity contribution in [1.82, 2.24) is 25.2 Å². The van der Waals surface area contributed by atoms with E-state index >= 15 is 0 Å². The number of carbonyl (C=O) groups is 1. The number of pyridine rings is 1. The number of tetrazole rings is 1. The molecule has 8 nitrogen and oxygen atoms in total. The third-order valence-corrected chi connectivity index (χ3v) is 6.78. The number of carbonyl (C=O) groups excluding carboxylic acids is 1. The summed E-state index contributed by atoms with van der Waals surface area (Å²) in [6.45, 7) is 7.74. The van der Waals surface area contributed by atoms with E-state index in [2.05, 4.69) is 59.6 Å². The molecule has 4 aromatic rings. The van der Waals surface area contributed by atoms with E-state index in [1.807, 2.05) is 49.4 Å². The molecule has 2 aromatic heterocycles. The summed E-state index contributed by atoms with van der Waals surface area (Å²) in [5, 5.41) is 13.1. The molecule has 0 saturated heterocycles. The summed E-state index contributed by atoms with van der Waals surface area (Å²) in [5.41, 5.74) is 3.98. The topological polar surface area (TPSA) is 92.0 Å². The fourth-order valence-electron chi connectivity index (χ4n) is 4.46. The van der Waals surface area contributed by atoms with Gasteiger partial charge in [-0.05, 0) is 61.4 Å². The number of unbranched alkanes of at least 4 members (excludes halogenated alkanes) is 2. The zero-order valence-electron chi connectivity index (χ0n) is 23.8. The van der Waals surface area contributed by atoms with E-state index in [0.29, 0.717) is 32.1 Å². The second-order valence-electron chi connectivity index (χ2n) is 10.5. The molecule has 0 saturated carbocycles. The number of hydrogen-bond acceptors (Lipinski definition) is 7. The van der Waals surface area contributed by atoms with Crippen LogP contribution < -0.4 is 4.74 Å². The summed E-state index contributed by atoms with van der Waals surface area (Å²) in [6, 6.07) is 24.6. The van der Waals surface area contributed by atoms with Crippen molar-refractivity contribution in [3.05, 3.63) is 78.6 Å². The van der Waals surface area contributed by atoms with Gasteiger partial charge in [0, 0.05) is 23.5 Å². The van der Waals surface area contributed by atoms with Crippen molar-refractivity contribution >= 4 is 5.97 Å². The van der Waals surface area contributed by atoms with Crippen LogP contribution in [0.1, 0.15) is 65.1 Å². The number of rotatable bonds is 15. The highest BCUT2D eigenvalue weighted by molar-refractivity contribution is 5.71. The van der Waals surface area contributed by atoms with E-state index in [9.17, 15) is 4.79 Å². The lowest BCUT2D eigenvalue weighted by molar-refractivity contribution is -0.143. The minimum atomic E-state index is -0.199. The van der Waals surface area contributed by atoms with E-state index in [1.54, 1.807) is 4.80 Å². The maximum atomic E-state index is 11.5. The highest BCUT2D eigenvalue weighted by atomic mass is 16.5. The first-order chi connectivity index (χ1) is 19.4. The highest BCUT2D eigenvalue weighted by Gasteiger charge is 2.25. The quantitative estimate of drug-likeness (QED) is 0.123. The minimum absolute atomic E-state index is 0.156. The number of hydrogen-bond donors (Lipinski definition) is 0. The summed E-state index contributed by atoms with van der Waals surface area (Å²) in [4.78, 5) is 17.9. The summed E-state index contributed by atoms with van der Waals surface area (Å²) >= 11 is 0. The van der Waals surface area contributed by atoms with E-state index in [4.69, 9.17) is 14.5 Å². The van der Waals surface area contributed by atoms with Gasteiger partial charge in [0.25, 0.3) is 0 Å².